The van der Waals surface area contributed by atoms with E-state index in [9.17, 15) is 4.79 Å². The lowest BCUT2D eigenvalue weighted by atomic mass is 10.0. The van der Waals surface area contributed by atoms with E-state index in [0.717, 1.165) is 18.4 Å². The molecule has 124 valence electrons. The van der Waals surface area contributed by atoms with Gasteiger partial charge in [0, 0.05) is 42.7 Å². The second-order valence-electron chi connectivity index (χ2n) is 6.26. The molecule has 0 bridgehead atoms. The fraction of sp³-hybridized carbons (Fsp3) is 0.350. The average molecular weight is 321 g/mol. The van der Waals surface area contributed by atoms with Gasteiger partial charge in [0.05, 0.1) is 5.56 Å². The Morgan fingerprint density at radius 3 is 3.00 bits per heavy atom. The van der Waals surface area contributed by atoms with E-state index < -0.39 is 0 Å². The summed E-state index contributed by atoms with van der Waals surface area (Å²) in [6, 6.07) is 3.48. The van der Waals surface area contributed by atoms with Gasteiger partial charge >= 0.3 is 0 Å². The Hall–Kier alpha value is -2.49. The molecule has 2 aliphatic rings. The van der Waals surface area contributed by atoms with E-state index >= 15 is 0 Å². The van der Waals surface area contributed by atoms with Gasteiger partial charge in [-0.3, -0.25) is 14.8 Å². The zero-order valence-electron chi connectivity index (χ0n) is 14.0. The van der Waals surface area contributed by atoms with Crippen molar-refractivity contribution < 1.29 is 4.79 Å². The summed E-state index contributed by atoms with van der Waals surface area (Å²) in [7, 11) is 0. The van der Waals surface area contributed by atoms with Crippen LogP contribution in [0.25, 0.3) is 0 Å². The third kappa shape index (κ3) is 4.51. The number of allylic oxidation sites excluding steroid dienone is 5. The number of hydrogen-bond donors (Lipinski definition) is 1. The highest BCUT2D eigenvalue weighted by atomic mass is 16.1. The molecule has 1 aromatic rings. The lowest BCUT2D eigenvalue weighted by Crippen LogP contribution is -2.34. The molecular formula is C20H23N3O. The van der Waals surface area contributed by atoms with Crippen LogP contribution in [0.3, 0.4) is 0 Å². The van der Waals surface area contributed by atoms with Crippen LogP contribution < -0.4 is 5.32 Å². The van der Waals surface area contributed by atoms with Crippen LogP contribution >= 0.6 is 0 Å². The fourth-order valence-corrected chi connectivity index (χ4v) is 2.68. The zero-order valence-corrected chi connectivity index (χ0v) is 14.0. The first-order valence-electron chi connectivity index (χ1n) is 8.53. The fourth-order valence-electron chi connectivity index (χ4n) is 2.68. The van der Waals surface area contributed by atoms with E-state index in [0.29, 0.717) is 11.5 Å². The summed E-state index contributed by atoms with van der Waals surface area (Å²) in [5.41, 5.74) is 2.94. The molecule has 0 saturated heterocycles. The topological polar surface area (TPSA) is 54.4 Å². The van der Waals surface area contributed by atoms with E-state index in [1.54, 1.807) is 24.5 Å². The summed E-state index contributed by atoms with van der Waals surface area (Å²) in [6.45, 7) is 2.01. The Balaban J connectivity index is 1.66. The lowest BCUT2D eigenvalue weighted by molar-refractivity contribution is 0.0944. The molecule has 1 N–H and O–H groups in total. The van der Waals surface area contributed by atoms with E-state index in [2.05, 4.69) is 39.6 Å². The number of carbonyl (C=O) groups excluding carboxylic acids is 1. The normalized spacial score (nSPS) is 24.9. The van der Waals surface area contributed by atoms with Crippen molar-refractivity contribution in [3.05, 3.63) is 65.7 Å². The van der Waals surface area contributed by atoms with Gasteiger partial charge in [-0.2, -0.15) is 0 Å². The van der Waals surface area contributed by atoms with Crippen molar-refractivity contribution in [1.82, 2.24) is 10.3 Å². The maximum absolute atomic E-state index is 12.3. The van der Waals surface area contributed by atoms with Crippen molar-refractivity contribution in [2.75, 3.05) is 0 Å². The molecule has 3 rings (SSSR count). The first-order valence-corrected chi connectivity index (χ1v) is 8.53. The number of hydrogen-bond acceptors (Lipinski definition) is 3. The maximum atomic E-state index is 12.3. The molecule has 0 spiro atoms. The number of carbonyl (C=O) groups is 1. The Bertz CT molecular complexity index is 697. The Morgan fingerprint density at radius 1 is 1.38 bits per heavy atom. The van der Waals surface area contributed by atoms with Gasteiger partial charge in [0.25, 0.3) is 5.91 Å². The van der Waals surface area contributed by atoms with Gasteiger partial charge in [-0.15, -0.1) is 0 Å². The van der Waals surface area contributed by atoms with Gasteiger partial charge in [0.15, 0.2) is 0 Å². The van der Waals surface area contributed by atoms with Crippen LogP contribution in [0.4, 0.5) is 0 Å². The van der Waals surface area contributed by atoms with Crippen LogP contribution in [0.15, 0.2) is 65.1 Å². The number of nitrogens with zero attached hydrogens (tertiary/aromatic N) is 2. The van der Waals surface area contributed by atoms with Crippen LogP contribution in [-0.2, 0) is 0 Å². The number of nitrogens with one attached hydrogen (secondary N) is 1. The molecule has 1 aromatic heterocycles. The van der Waals surface area contributed by atoms with Gasteiger partial charge in [0.1, 0.15) is 0 Å². The second-order valence-corrected chi connectivity index (χ2v) is 6.26. The summed E-state index contributed by atoms with van der Waals surface area (Å²) < 4.78 is 0. The summed E-state index contributed by atoms with van der Waals surface area (Å²) in [6.07, 6.45) is 17.9. The van der Waals surface area contributed by atoms with E-state index in [1.165, 1.54) is 18.5 Å². The second kappa shape index (κ2) is 7.86. The van der Waals surface area contributed by atoms with Crippen LogP contribution in [0.1, 0.15) is 43.0 Å². The predicted molar refractivity (Wildman–Crippen MR) is 96.9 cm³/mol. The molecule has 24 heavy (non-hydrogen) atoms. The molecule has 1 saturated carbocycles. The van der Waals surface area contributed by atoms with E-state index in [4.69, 9.17) is 0 Å². The first kappa shape index (κ1) is 16.4. The van der Waals surface area contributed by atoms with Gasteiger partial charge in [-0.05, 0) is 43.9 Å². The number of aromatic nitrogens is 1. The molecule has 2 heterocycles. The third-order valence-electron chi connectivity index (χ3n) is 4.30. The molecule has 1 fully saturated rings. The Morgan fingerprint density at radius 2 is 2.25 bits per heavy atom. The van der Waals surface area contributed by atoms with Gasteiger partial charge in [0.2, 0.25) is 0 Å². The van der Waals surface area contributed by atoms with E-state index in [1.807, 2.05) is 13.1 Å². The average Bonchev–Trinajstić information content (AvgIpc) is 3.44. The molecule has 0 aromatic carbocycles. The molecule has 1 aliphatic heterocycles. The van der Waals surface area contributed by atoms with Crippen LogP contribution in [0, 0.1) is 5.92 Å². The number of rotatable bonds is 4. The SMILES string of the molecule is C[C@H](NC(=O)c1cccnc1)/C1=C/C=C\C/C=C(/C2CC2)N=CC1. The third-order valence-corrected chi connectivity index (χ3v) is 4.30. The standard InChI is InChI=1S/C20H23N3O/c1-15(23-20(24)18-7-5-12-21-14-18)16-6-3-2-4-8-19(17-9-10-17)22-13-11-16/h2-3,5-8,12-15,17H,4,9-11H2,1H3,(H,23,24)/b3-2-,16-6+,19-8-,22-13?/t15-/m0/s1. The maximum Gasteiger partial charge on any atom is 0.253 e. The minimum absolute atomic E-state index is 0.0541. The van der Waals surface area contributed by atoms with Crippen molar-refractivity contribution in [2.45, 2.75) is 38.6 Å². The molecule has 4 nitrogen and oxygen atoms in total. The van der Waals surface area contributed by atoms with Crippen molar-refractivity contribution in [1.29, 1.82) is 0 Å². The predicted octanol–water partition coefficient (Wildman–Crippen LogP) is 3.84. The summed E-state index contributed by atoms with van der Waals surface area (Å²) in [5.74, 6) is 0.553. The highest BCUT2D eigenvalue weighted by Gasteiger charge is 2.25. The quantitative estimate of drug-likeness (QED) is 0.916. The number of amides is 1. The first-order chi connectivity index (χ1) is 11.7. The molecule has 1 atom stereocenters. The van der Waals surface area contributed by atoms with Crippen molar-refractivity contribution in [3.8, 4) is 0 Å². The van der Waals surface area contributed by atoms with Crippen molar-refractivity contribution >= 4 is 12.1 Å². The van der Waals surface area contributed by atoms with Crippen molar-refractivity contribution in [3.63, 3.8) is 0 Å². The highest BCUT2D eigenvalue weighted by Crippen LogP contribution is 2.37. The highest BCUT2D eigenvalue weighted by molar-refractivity contribution is 5.94. The van der Waals surface area contributed by atoms with Crippen LogP contribution in [0.2, 0.25) is 0 Å². The Labute approximate surface area is 143 Å². The van der Waals surface area contributed by atoms with Gasteiger partial charge in [-0.1, -0.05) is 24.3 Å². The van der Waals surface area contributed by atoms with Crippen LogP contribution in [-0.4, -0.2) is 23.1 Å². The monoisotopic (exact) mass is 321 g/mol. The number of pyridine rings is 1. The molecule has 0 radical (unpaired) electrons. The van der Waals surface area contributed by atoms with E-state index in [-0.39, 0.29) is 11.9 Å². The molecule has 1 aliphatic carbocycles. The zero-order chi connectivity index (χ0) is 16.8. The smallest absolute Gasteiger partial charge is 0.253 e. The summed E-state index contributed by atoms with van der Waals surface area (Å²) in [5, 5.41) is 3.04. The number of aliphatic imine (C=N–C) groups is 1. The van der Waals surface area contributed by atoms with Crippen LogP contribution in [0.5, 0.6) is 0 Å². The molecule has 1 amide bonds. The Kier molecular flexibility index (Phi) is 5.36. The molecule has 4 heteroatoms. The minimum Gasteiger partial charge on any atom is -0.346 e. The molecule has 0 unspecified atom stereocenters. The van der Waals surface area contributed by atoms with Crippen molar-refractivity contribution in [2.24, 2.45) is 10.9 Å². The largest absolute Gasteiger partial charge is 0.346 e. The summed E-state index contributed by atoms with van der Waals surface area (Å²) >= 11 is 0. The molecular weight excluding hydrogens is 298 g/mol. The minimum atomic E-state index is -0.104. The van der Waals surface area contributed by atoms with Gasteiger partial charge < -0.3 is 5.32 Å². The summed E-state index contributed by atoms with van der Waals surface area (Å²) in [4.78, 5) is 20.9. The van der Waals surface area contributed by atoms with Gasteiger partial charge in [-0.25, -0.2) is 0 Å². The lowest BCUT2D eigenvalue weighted by Gasteiger charge is -2.17.